The summed E-state index contributed by atoms with van der Waals surface area (Å²) in [5.74, 6) is 0.143. The molecule has 2 aromatic rings. The Labute approximate surface area is 110 Å². The van der Waals surface area contributed by atoms with Crippen molar-refractivity contribution in [3.63, 3.8) is 0 Å². The van der Waals surface area contributed by atoms with Gasteiger partial charge in [0.15, 0.2) is 0 Å². The first-order chi connectivity index (χ1) is 9.10. The van der Waals surface area contributed by atoms with Crippen LogP contribution in [0.25, 0.3) is 0 Å². The Hall–Kier alpha value is -2.63. The fourth-order valence-electron chi connectivity index (χ4n) is 1.51. The Bertz CT molecular complexity index is 596. The van der Waals surface area contributed by atoms with E-state index in [4.69, 9.17) is 10.5 Å². The van der Waals surface area contributed by atoms with E-state index < -0.39 is 0 Å². The number of nitrogens with two attached hydrogens (primary N) is 1. The van der Waals surface area contributed by atoms with Gasteiger partial charge in [0.25, 0.3) is 5.91 Å². The van der Waals surface area contributed by atoms with Gasteiger partial charge in [-0.05, 0) is 19.1 Å². The summed E-state index contributed by atoms with van der Waals surface area (Å²) in [6.07, 6.45) is 2.96. The van der Waals surface area contributed by atoms with Gasteiger partial charge in [0.2, 0.25) is 0 Å². The van der Waals surface area contributed by atoms with Crippen LogP contribution in [0.5, 0.6) is 5.75 Å². The van der Waals surface area contributed by atoms with Crippen molar-refractivity contribution in [2.75, 3.05) is 18.2 Å². The number of aryl methyl sites for hydroxylation is 1. The Morgan fingerprint density at radius 3 is 2.74 bits per heavy atom. The summed E-state index contributed by atoms with van der Waals surface area (Å²) in [5, 5.41) is 2.70. The molecule has 3 N–H and O–H groups in total. The molecule has 0 bridgehead atoms. The smallest absolute Gasteiger partial charge is 0.275 e. The third kappa shape index (κ3) is 2.98. The average Bonchev–Trinajstić information content (AvgIpc) is 2.41. The maximum Gasteiger partial charge on any atom is 0.275 e. The van der Waals surface area contributed by atoms with Crippen LogP contribution < -0.4 is 15.8 Å². The Morgan fingerprint density at radius 2 is 2.11 bits per heavy atom. The lowest BCUT2D eigenvalue weighted by Crippen LogP contribution is -2.14. The molecular weight excluding hydrogens is 244 g/mol. The van der Waals surface area contributed by atoms with E-state index >= 15 is 0 Å². The van der Waals surface area contributed by atoms with E-state index in [1.165, 1.54) is 19.5 Å². The molecule has 0 saturated heterocycles. The van der Waals surface area contributed by atoms with Crippen LogP contribution in [0.15, 0.2) is 30.6 Å². The van der Waals surface area contributed by atoms with Crippen LogP contribution in [0.1, 0.15) is 16.2 Å². The molecule has 1 aromatic heterocycles. The zero-order valence-corrected chi connectivity index (χ0v) is 10.7. The summed E-state index contributed by atoms with van der Waals surface area (Å²) in [6, 6.07) is 4.99. The number of carbonyl (C=O) groups is 1. The highest BCUT2D eigenvalue weighted by Gasteiger charge is 2.11. The fraction of sp³-hybridized carbons (Fsp3) is 0.154. The number of rotatable bonds is 3. The van der Waals surface area contributed by atoms with Crippen molar-refractivity contribution in [1.82, 2.24) is 9.97 Å². The number of hydrogen-bond donors (Lipinski definition) is 2. The van der Waals surface area contributed by atoms with Gasteiger partial charge in [-0.3, -0.25) is 9.78 Å². The SMILES string of the molecule is COc1cc(N)ccc1NC(=O)c1cnc(C)cn1. The number of nitrogens with one attached hydrogen (secondary N) is 1. The van der Waals surface area contributed by atoms with Crippen molar-refractivity contribution in [2.45, 2.75) is 6.92 Å². The summed E-state index contributed by atoms with van der Waals surface area (Å²) >= 11 is 0. The van der Waals surface area contributed by atoms with Gasteiger partial charge in [-0.15, -0.1) is 0 Å². The van der Waals surface area contributed by atoms with Gasteiger partial charge < -0.3 is 15.8 Å². The number of carbonyl (C=O) groups excluding carboxylic acids is 1. The van der Waals surface area contributed by atoms with Crippen LogP contribution in [0, 0.1) is 6.92 Å². The topological polar surface area (TPSA) is 90.1 Å². The molecule has 6 heteroatoms. The maximum atomic E-state index is 12.0. The molecule has 0 atom stereocenters. The molecule has 0 spiro atoms. The summed E-state index contributed by atoms with van der Waals surface area (Å²) < 4.78 is 5.15. The lowest BCUT2D eigenvalue weighted by Gasteiger charge is -2.10. The van der Waals surface area contributed by atoms with Gasteiger partial charge in [0.05, 0.1) is 24.7 Å². The standard InChI is InChI=1S/C13H14N4O2/c1-8-6-16-11(7-15-8)13(18)17-10-4-3-9(14)5-12(10)19-2/h3-7H,14H2,1-2H3,(H,17,18). The lowest BCUT2D eigenvalue weighted by molar-refractivity contribution is 0.102. The second-order valence-corrected chi connectivity index (χ2v) is 3.96. The van der Waals surface area contributed by atoms with Gasteiger partial charge in [-0.25, -0.2) is 4.98 Å². The van der Waals surface area contributed by atoms with Gasteiger partial charge in [0, 0.05) is 18.0 Å². The van der Waals surface area contributed by atoms with Gasteiger partial charge in [-0.2, -0.15) is 0 Å². The van der Waals surface area contributed by atoms with E-state index in [0.717, 1.165) is 5.69 Å². The van der Waals surface area contributed by atoms with Crippen LogP contribution >= 0.6 is 0 Å². The molecule has 19 heavy (non-hydrogen) atoms. The molecular formula is C13H14N4O2. The van der Waals surface area contributed by atoms with Crippen molar-refractivity contribution >= 4 is 17.3 Å². The van der Waals surface area contributed by atoms with Crippen molar-refractivity contribution in [3.05, 3.63) is 42.0 Å². The third-order valence-electron chi connectivity index (χ3n) is 2.49. The average molecular weight is 258 g/mol. The maximum absolute atomic E-state index is 12.0. The number of hydrogen-bond acceptors (Lipinski definition) is 5. The fourth-order valence-corrected chi connectivity index (χ4v) is 1.51. The minimum Gasteiger partial charge on any atom is -0.494 e. The summed E-state index contributed by atoms with van der Waals surface area (Å²) in [5.41, 5.74) is 7.73. The van der Waals surface area contributed by atoms with E-state index in [1.54, 1.807) is 25.1 Å². The first-order valence-electron chi connectivity index (χ1n) is 5.63. The predicted molar refractivity (Wildman–Crippen MR) is 72.1 cm³/mol. The minimum atomic E-state index is -0.351. The Morgan fingerprint density at radius 1 is 1.32 bits per heavy atom. The highest BCUT2D eigenvalue weighted by Crippen LogP contribution is 2.26. The van der Waals surface area contributed by atoms with Crippen molar-refractivity contribution in [3.8, 4) is 5.75 Å². The molecule has 98 valence electrons. The van der Waals surface area contributed by atoms with Gasteiger partial charge >= 0.3 is 0 Å². The number of ether oxygens (including phenoxy) is 1. The first-order valence-corrected chi connectivity index (χ1v) is 5.63. The highest BCUT2D eigenvalue weighted by molar-refractivity contribution is 6.03. The van der Waals surface area contributed by atoms with E-state index in [2.05, 4.69) is 15.3 Å². The zero-order valence-electron chi connectivity index (χ0n) is 10.7. The summed E-state index contributed by atoms with van der Waals surface area (Å²) in [4.78, 5) is 20.0. The second kappa shape index (κ2) is 5.34. The molecule has 0 fully saturated rings. The summed E-state index contributed by atoms with van der Waals surface area (Å²) in [6.45, 7) is 1.80. The first kappa shape index (κ1) is 12.8. The molecule has 1 aromatic carbocycles. The third-order valence-corrected chi connectivity index (χ3v) is 2.49. The predicted octanol–water partition coefficient (Wildman–Crippen LogP) is 1.63. The Kier molecular flexibility index (Phi) is 3.61. The number of anilines is 2. The van der Waals surface area contributed by atoms with Crippen molar-refractivity contribution in [1.29, 1.82) is 0 Å². The number of aromatic nitrogens is 2. The molecule has 0 saturated carbocycles. The van der Waals surface area contributed by atoms with Crippen LogP contribution in [-0.4, -0.2) is 23.0 Å². The van der Waals surface area contributed by atoms with Gasteiger partial charge in [-0.1, -0.05) is 0 Å². The largest absolute Gasteiger partial charge is 0.494 e. The minimum absolute atomic E-state index is 0.240. The van der Waals surface area contributed by atoms with Crippen LogP contribution in [0.4, 0.5) is 11.4 Å². The quantitative estimate of drug-likeness (QED) is 0.816. The second-order valence-electron chi connectivity index (χ2n) is 3.96. The molecule has 0 radical (unpaired) electrons. The molecule has 2 rings (SSSR count). The molecule has 1 amide bonds. The van der Waals surface area contributed by atoms with E-state index in [0.29, 0.717) is 17.1 Å². The van der Waals surface area contributed by atoms with Crippen LogP contribution in [0.3, 0.4) is 0 Å². The molecule has 0 aliphatic heterocycles. The number of nitrogens with zero attached hydrogens (tertiary/aromatic N) is 2. The molecule has 1 heterocycles. The molecule has 0 unspecified atom stereocenters. The number of amides is 1. The normalized spacial score (nSPS) is 10.0. The molecule has 0 aliphatic carbocycles. The summed E-state index contributed by atoms with van der Waals surface area (Å²) in [7, 11) is 1.51. The Balaban J connectivity index is 2.21. The van der Waals surface area contributed by atoms with Crippen molar-refractivity contribution < 1.29 is 9.53 Å². The number of nitrogen functional groups attached to an aromatic ring is 1. The zero-order chi connectivity index (χ0) is 13.8. The van der Waals surface area contributed by atoms with Gasteiger partial charge in [0.1, 0.15) is 11.4 Å². The molecule has 6 nitrogen and oxygen atoms in total. The van der Waals surface area contributed by atoms with E-state index in [1.807, 2.05) is 0 Å². The van der Waals surface area contributed by atoms with E-state index in [9.17, 15) is 4.79 Å². The number of methoxy groups -OCH3 is 1. The van der Waals surface area contributed by atoms with E-state index in [-0.39, 0.29) is 11.6 Å². The van der Waals surface area contributed by atoms with Crippen LogP contribution in [-0.2, 0) is 0 Å². The molecule has 0 aliphatic rings. The highest BCUT2D eigenvalue weighted by atomic mass is 16.5. The monoisotopic (exact) mass is 258 g/mol. The van der Waals surface area contributed by atoms with Crippen molar-refractivity contribution in [2.24, 2.45) is 0 Å². The van der Waals surface area contributed by atoms with Crippen LogP contribution in [0.2, 0.25) is 0 Å². The number of benzene rings is 1. The lowest BCUT2D eigenvalue weighted by atomic mass is 10.2.